The third-order valence-electron chi connectivity index (χ3n) is 3.03. The van der Waals surface area contributed by atoms with Crippen LogP contribution in [0.2, 0.25) is 0 Å². The largest absolute Gasteiger partial charge is 0.370 e. The molecule has 3 nitrogen and oxygen atoms in total. The highest BCUT2D eigenvalue weighted by Gasteiger charge is 2.11. The molecular weight excluding hydrogens is 241 g/mol. The van der Waals surface area contributed by atoms with E-state index in [0.717, 1.165) is 17.8 Å². The molecule has 0 unspecified atom stereocenters. The number of nitrogens with one attached hydrogen (secondary N) is 1. The molecule has 1 heterocycles. The van der Waals surface area contributed by atoms with Gasteiger partial charge in [-0.2, -0.15) is 0 Å². The van der Waals surface area contributed by atoms with Gasteiger partial charge in [-0.1, -0.05) is 6.07 Å². The van der Waals surface area contributed by atoms with Crippen LogP contribution in [0.5, 0.6) is 0 Å². The summed E-state index contributed by atoms with van der Waals surface area (Å²) in [5, 5.41) is 3.01. The number of hydrogen-bond donors (Lipinski definition) is 1. The van der Waals surface area contributed by atoms with Crippen molar-refractivity contribution in [3.05, 3.63) is 59.7 Å². The molecule has 0 aliphatic carbocycles. The van der Waals surface area contributed by atoms with Gasteiger partial charge in [-0.3, -0.25) is 4.98 Å². The monoisotopic (exact) mass is 259 g/mol. The smallest absolute Gasteiger partial charge is 0.129 e. The maximum Gasteiger partial charge on any atom is 0.129 e. The predicted octanol–water partition coefficient (Wildman–Crippen LogP) is 2.58. The van der Waals surface area contributed by atoms with Gasteiger partial charge in [0.1, 0.15) is 5.82 Å². The number of hydrogen-bond acceptors (Lipinski definition) is 3. The van der Waals surface area contributed by atoms with Crippen molar-refractivity contribution in [3.8, 4) is 0 Å². The molecule has 0 aliphatic rings. The van der Waals surface area contributed by atoms with E-state index in [-0.39, 0.29) is 5.82 Å². The molecule has 0 amide bonds. The molecule has 2 rings (SSSR count). The van der Waals surface area contributed by atoms with Gasteiger partial charge in [0, 0.05) is 43.8 Å². The fraction of sp³-hybridized carbons (Fsp3) is 0.267. The van der Waals surface area contributed by atoms with Crippen LogP contribution in [0.15, 0.2) is 42.7 Å². The van der Waals surface area contributed by atoms with Crippen molar-refractivity contribution >= 4 is 5.69 Å². The second kappa shape index (κ2) is 6.29. The quantitative estimate of drug-likeness (QED) is 0.894. The first kappa shape index (κ1) is 13.5. The summed E-state index contributed by atoms with van der Waals surface area (Å²) in [6.07, 6.45) is 3.53. The molecule has 0 radical (unpaired) electrons. The third kappa shape index (κ3) is 3.29. The molecule has 0 bridgehead atoms. The number of benzene rings is 1. The van der Waals surface area contributed by atoms with Crippen LogP contribution in [0.3, 0.4) is 0 Å². The van der Waals surface area contributed by atoms with E-state index >= 15 is 0 Å². The van der Waals surface area contributed by atoms with Gasteiger partial charge >= 0.3 is 0 Å². The average Bonchev–Trinajstić information content (AvgIpc) is 2.42. The normalized spacial score (nSPS) is 10.5. The van der Waals surface area contributed by atoms with Crippen molar-refractivity contribution in [2.75, 3.05) is 19.0 Å². The van der Waals surface area contributed by atoms with Gasteiger partial charge in [0.2, 0.25) is 0 Å². The first-order chi connectivity index (χ1) is 9.22. The lowest BCUT2D eigenvalue weighted by Crippen LogP contribution is -2.20. The summed E-state index contributed by atoms with van der Waals surface area (Å²) in [4.78, 5) is 6.04. The molecule has 2 aromatic rings. The van der Waals surface area contributed by atoms with E-state index < -0.39 is 0 Å². The van der Waals surface area contributed by atoms with Gasteiger partial charge in [-0.15, -0.1) is 0 Å². The van der Waals surface area contributed by atoms with Crippen molar-refractivity contribution in [1.82, 2.24) is 10.3 Å². The van der Waals surface area contributed by atoms with Crippen LogP contribution in [-0.2, 0) is 13.1 Å². The zero-order valence-electron chi connectivity index (χ0n) is 11.2. The molecular formula is C15H18FN3. The van der Waals surface area contributed by atoms with E-state index in [1.807, 2.05) is 37.2 Å². The fourth-order valence-electron chi connectivity index (χ4n) is 2.10. The summed E-state index contributed by atoms with van der Waals surface area (Å²) < 4.78 is 13.9. The minimum atomic E-state index is -0.173. The minimum absolute atomic E-state index is 0.173. The molecule has 19 heavy (non-hydrogen) atoms. The Kier molecular flexibility index (Phi) is 4.47. The van der Waals surface area contributed by atoms with E-state index in [0.29, 0.717) is 12.1 Å². The van der Waals surface area contributed by atoms with E-state index in [9.17, 15) is 4.39 Å². The molecule has 0 spiro atoms. The topological polar surface area (TPSA) is 28.2 Å². The van der Waals surface area contributed by atoms with Crippen LogP contribution in [0.4, 0.5) is 10.1 Å². The minimum Gasteiger partial charge on any atom is -0.370 e. The molecule has 0 fully saturated rings. The highest BCUT2D eigenvalue weighted by Crippen LogP contribution is 2.23. The standard InChI is InChI=1S/C15H18FN3/c1-17-10-13-14(16)4-3-5-15(13)19(2)11-12-6-8-18-9-7-12/h3-9,17H,10-11H2,1-2H3. The molecule has 0 saturated carbocycles. The highest BCUT2D eigenvalue weighted by atomic mass is 19.1. The highest BCUT2D eigenvalue weighted by molar-refractivity contribution is 5.54. The summed E-state index contributed by atoms with van der Waals surface area (Å²) >= 11 is 0. The lowest BCUT2D eigenvalue weighted by molar-refractivity contribution is 0.599. The number of rotatable bonds is 5. The Morgan fingerprint density at radius 2 is 1.95 bits per heavy atom. The van der Waals surface area contributed by atoms with Crippen LogP contribution in [-0.4, -0.2) is 19.1 Å². The van der Waals surface area contributed by atoms with Crippen molar-refractivity contribution in [1.29, 1.82) is 0 Å². The molecule has 1 aromatic heterocycles. The first-order valence-corrected chi connectivity index (χ1v) is 6.24. The number of pyridine rings is 1. The summed E-state index contributed by atoms with van der Waals surface area (Å²) in [7, 11) is 3.79. The Morgan fingerprint density at radius 3 is 2.63 bits per heavy atom. The summed E-state index contributed by atoms with van der Waals surface area (Å²) in [5.41, 5.74) is 2.75. The predicted molar refractivity (Wildman–Crippen MR) is 75.5 cm³/mol. The summed E-state index contributed by atoms with van der Waals surface area (Å²) in [6.45, 7) is 1.24. The molecule has 4 heteroatoms. The Morgan fingerprint density at radius 1 is 1.21 bits per heavy atom. The number of nitrogens with zero attached hydrogens (tertiary/aromatic N) is 2. The lowest BCUT2D eigenvalue weighted by atomic mass is 10.1. The van der Waals surface area contributed by atoms with Gasteiger partial charge in [0.05, 0.1) is 0 Å². The SMILES string of the molecule is CNCc1c(F)cccc1N(C)Cc1ccncc1. The number of anilines is 1. The fourth-order valence-corrected chi connectivity index (χ4v) is 2.10. The first-order valence-electron chi connectivity index (χ1n) is 6.24. The number of halogens is 1. The molecule has 0 atom stereocenters. The maximum absolute atomic E-state index is 13.9. The van der Waals surface area contributed by atoms with Crippen LogP contribution in [0.25, 0.3) is 0 Å². The summed E-state index contributed by atoms with van der Waals surface area (Å²) in [5.74, 6) is -0.173. The van der Waals surface area contributed by atoms with E-state index in [1.54, 1.807) is 18.5 Å². The van der Waals surface area contributed by atoms with Crippen molar-refractivity contribution < 1.29 is 4.39 Å². The molecule has 0 aliphatic heterocycles. The third-order valence-corrected chi connectivity index (χ3v) is 3.03. The van der Waals surface area contributed by atoms with Gasteiger partial charge in [-0.25, -0.2) is 4.39 Å². The Labute approximate surface area is 113 Å². The second-order valence-electron chi connectivity index (χ2n) is 4.48. The zero-order valence-corrected chi connectivity index (χ0v) is 11.2. The second-order valence-corrected chi connectivity index (χ2v) is 4.48. The van der Waals surface area contributed by atoms with E-state index in [2.05, 4.69) is 10.3 Å². The lowest BCUT2D eigenvalue weighted by Gasteiger charge is -2.23. The summed E-state index contributed by atoms with van der Waals surface area (Å²) in [6, 6.07) is 9.11. The van der Waals surface area contributed by atoms with Gasteiger partial charge in [0.15, 0.2) is 0 Å². The Hall–Kier alpha value is -1.94. The molecule has 1 N–H and O–H groups in total. The van der Waals surface area contributed by atoms with Crippen LogP contribution >= 0.6 is 0 Å². The van der Waals surface area contributed by atoms with Crippen LogP contribution in [0, 0.1) is 5.82 Å². The van der Waals surface area contributed by atoms with E-state index in [4.69, 9.17) is 0 Å². The van der Waals surface area contributed by atoms with Crippen LogP contribution in [0.1, 0.15) is 11.1 Å². The van der Waals surface area contributed by atoms with Crippen molar-refractivity contribution in [3.63, 3.8) is 0 Å². The molecule has 100 valence electrons. The number of aromatic nitrogens is 1. The van der Waals surface area contributed by atoms with E-state index in [1.165, 1.54) is 6.07 Å². The Balaban J connectivity index is 2.23. The van der Waals surface area contributed by atoms with Crippen LogP contribution < -0.4 is 10.2 Å². The molecule has 1 aromatic carbocycles. The Bertz CT molecular complexity index is 528. The van der Waals surface area contributed by atoms with Gasteiger partial charge in [-0.05, 0) is 36.9 Å². The average molecular weight is 259 g/mol. The van der Waals surface area contributed by atoms with Crippen molar-refractivity contribution in [2.24, 2.45) is 0 Å². The molecule has 0 saturated heterocycles. The van der Waals surface area contributed by atoms with Gasteiger partial charge < -0.3 is 10.2 Å². The van der Waals surface area contributed by atoms with Crippen molar-refractivity contribution in [2.45, 2.75) is 13.1 Å². The maximum atomic E-state index is 13.9. The zero-order chi connectivity index (χ0) is 13.7. The van der Waals surface area contributed by atoms with Gasteiger partial charge in [0.25, 0.3) is 0 Å².